The van der Waals surface area contributed by atoms with Crippen LogP contribution in [0.2, 0.25) is 0 Å². The summed E-state index contributed by atoms with van der Waals surface area (Å²) in [6.07, 6.45) is 1.56. The lowest BCUT2D eigenvalue weighted by Crippen LogP contribution is -2.42. The lowest BCUT2D eigenvalue weighted by atomic mass is 10.1. The zero-order valence-corrected chi connectivity index (χ0v) is 19.4. The highest BCUT2D eigenvalue weighted by molar-refractivity contribution is 9.10. The topological polar surface area (TPSA) is 110 Å². The molecule has 1 aliphatic heterocycles. The van der Waals surface area contributed by atoms with E-state index in [9.17, 15) is 19.2 Å². The van der Waals surface area contributed by atoms with Gasteiger partial charge in [0.25, 0.3) is 11.1 Å². The first-order valence-electron chi connectivity index (χ1n) is 9.30. The van der Waals surface area contributed by atoms with Crippen molar-refractivity contribution >= 4 is 56.9 Å². The molecule has 8 nitrogen and oxygen atoms in total. The number of aromatic carboxylic acids is 1. The highest BCUT2D eigenvalue weighted by Gasteiger charge is 2.41. The van der Waals surface area contributed by atoms with Gasteiger partial charge in [-0.25, -0.2) is 9.59 Å². The van der Waals surface area contributed by atoms with Gasteiger partial charge in [-0.3, -0.25) is 14.5 Å². The van der Waals surface area contributed by atoms with Gasteiger partial charge in [-0.1, -0.05) is 18.2 Å². The third kappa shape index (κ3) is 5.20. The monoisotopic (exact) mass is 519 g/mol. The number of ether oxygens (including phenoxy) is 2. The summed E-state index contributed by atoms with van der Waals surface area (Å²) in [5, 5.41) is 8.41. The Balaban J connectivity index is 1.70. The number of halogens is 1. The first-order valence-corrected chi connectivity index (χ1v) is 10.9. The van der Waals surface area contributed by atoms with Crippen molar-refractivity contribution in [2.24, 2.45) is 0 Å². The van der Waals surface area contributed by atoms with Crippen LogP contribution >= 0.6 is 27.7 Å². The number of hydrogen-bond donors (Lipinski definition) is 1. The van der Waals surface area contributed by atoms with Crippen molar-refractivity contribution in [3.63, 3.8) is 0 Å². The van der Waals surface area contributed by atoms with Crippen LogP contribution in [0.1, 0.15) is 28.4 Å². The van der Waals surface area contributed by atoms with Crippen molar-refractivity contribution in [1.82, 2.24) is 4.90 Å². The van der Waals surface area contributed by atoms with Crippen LogP contribution in [0.25, 0.3) is 6.08 Å². The van der Waals surface area contributed by atoms with Gasteiger partial charge >= 0.3 is 11.9 Å². The van der Waals surface area contributed by atoms with E-state index in [0.29, 0.717) is 15.8 Å². The van der Waals surface area contributed by atoms with Crippen molar-refractivity contribution in [2.45, 2.75) is 19.6 Å². The Bertz CT molecular complexity index is 1110. The standard InChI is InChI=1S/C22H18BrNO7S/c1-12(21(28)30-2)24-19(25)18(32-22(24)29)10-14-5-8-17(16(23)9-14)31-11-13-3-6-15(7-4-13)20(26)27/h3-10,12H,11H2,1-2H3,(H,26,27)/b18-10+/t12-/m0/s1. The number of hydrogen-bond acceptors (Lipinski definition) is 7. The number of benzene rings is 2. The second-order valence-electron chi connectivity index (χ2n) is 6.73. The number of methoxy groups -OCH3 is 1. The van der Waals surface area contributed by atoms with Crippen molar-refractivity contribution in [1.29, 1.82) is 0 Å². The van der Waals surface area contributed by atoms with Crippen LogP contribution in [0.15, 0.2) is 51.8 Å². The van der Waals surface area contributed by atoms with Crippen LogP contribution in [0.3, 0.4) is 0 Å². The maximum absolute atomic E-state index is 12.6. The number of carboxylic acids is 1. The Morgan fingerprint density at radius 2 is 1.88 bits per heavy atom. The Kier molecular flexibility index (Phi) is 7.37. The first-order chi connectivity index (χ1) is 15.2. The normalized spacial score (nSPS) is 15.7. The van der Waals surface area contributed by atoms with Gasteiger partial charge in [0.15, 0.2) is 0 Å². The third-order valence-corrected chi connectivity index (χ3v) is 6.11. The van der Waals surface area contributed by atoms with Gasteiger partial charge in [-0.05, 0) is 76.1 Å². The lowest BCUT2D eigenvalue weighted by molar-refractivity contribution is -0.148. The number of rotatable bonds is 7. The fourth-order valence-corrected chi connectivity index (χ4v) is 4.29. The molecule has 0 aromatic heterocycles. The molecule has 1 heterocycles. The number of esters is 1. The van der Waals surface area contributed by atoms with E-state index in [0.717, 1.165) is 22.2 Å². The fourth-order valence-electron chi connectivity index (χ4n) is 2.87. The van der Waals surface area contributed by atoms with Crippen LogP contribution in [0.4, 0.5) is 4.79 Å². The SMILES string of the molecule is COC(=O)[C@H](C)N1C(=O)S/C(=C/c2ccc(OCc3ccc(C(=O)O)cc3)c(Br)c2)C1=O. The average molecular weight is 520 g/mol. The molecule has 0 spiro atoms. The van der Waals surface area contributed by atoms with Gasteiger partial charge < -0.3 is 14.6 Å². The second kappa shape index (κ2) is 10.0. The van der Waals surface area contributed by atoms with Crippen LogP contribution in [0, 0.1) is 0 Å². The predicted molar refractivity (Wildman–Crippen MR) is 121 cm³/mol. The van der Waals surface area contributed by atoms with E-state index < -0.39 is 29.1 Å². The molecule has 1 N–H and O–H groups in total. The second-order valence-corrected chi connectivity index (χ2v) is 8.58. The fraction of sp³-hybridized carbons (Fsp3) is 0.182. The summed E-state index contributed by atoms with van der Waals surface area (Å²) in [5.74, 6) is -1.67. The van der Waals surface area contributed by atoms with E-state index in [-0.39, 0.29) is 17.1 Å². The molecule has 166 valence electrons. The summed E-state index contributed by atoms with van der Waals surface area (Å²) >= 11 is 4.18. The minimum Gasteiger partial charge on any atom is -0.488 e. The zero-order chi connectivity index (χ0) is 23.4. The summed E-state index contributed by atoms with van der Waals surface area (Å²) in [5.41, 5.74) is 1.66. The molecule has 1 fully saturated rings. The summed E-state index contributed by atoms with van der Waals surface area (Å²) in [6.45, 7) is 1.67. The predicted octanol–water partition coefficient (Wildman–Crippen LogP) is 4.32. The largest absolute Gasteiger partial charge is 0.488 e. The molecule has 0 unspecified atom stereocenters. The highest BCUT2D eigenvalue weighted by Crippen LogP contribution is 2.35. The molecule has 3 rings (SSSR count). The van der Waals surface area contributed by atoms with Crippen LogP contribution in [-0.2, 0) is 20.9 Å². The van der Waals surface area contributed by atoms with Gasteiger partial charge in [0, 0.05) is 0 Å². The van der Waals surface area contributed by atoms with Crippen molar-refractivity contribution < 1.29 is 33.8 Å². The molecule has 1 atom stereocenters. The van der Waals surface area contributed by atoms with Crippen LogP contribution in [-0.4, -0.2) is 46.2 Å². The van der Waals surface area contributed by atoms with Gasteiger partial charge in [-0.15, -0.1) is 0 Å². The van der Waals surface area contributed by atoms with E-state index in [1.54, 1.807) is 36.4 Å². The molecular weight excluding hydrogens is 502 g/mol. The van der Waals surface area contributed by atoms with Crippen LogP contribution < -0.4 is 4.74 Å². The van der Waals surface area contributed by atoms with Gasteiger partial charge in [0.05, 0.1) is 22.1 Å². The minimum atomic E-state index is -1.01. The Hall–Kier alpha value is -3.11. The Morgan fingerprint density at radius 3 is 2.47 bits per heavy atom. The number of thioether (sulfide) groups is 1. The van der Waals surface area contributed by atoms with E-state index in [2.05, 4.69) is 20.7 Å². The van der Waals surface area contributed by atoms with Crippen LogP contribution in [0.5, 0.6) is 5.75 Å². The molecule has 2 aromatic carbocycles. The summed E-state index contributed by atoms with van der Waals surface area (Å²) in [7, 11) is 1.19. The third-order valence-electron chi connectivity index (χ3n) is 4.60. The van der Waals surface area contributed by atoms with E-state index in [4.69, 9.17) is 9.84 Å². The first kappa shape index (κ1) is 23.6. The lowest BCUT2D eigenvalue weighted by Gasteiger charge is -2.18. The molecule has 32 heavy (non-hydrogen) atoms. The molecule has 2 amide bonds. The minimum absolute atomic E-state index is 0.199. The average Bonchev–Trinajstić information content (AvgIpc) is 3.05. The van der Waals surface area contributed by atoms with E-state index in [1.807, 2.05) is 0 Å². The zero-order valence-electron chi connectivity index (χ0n) is 17.0. The summed E-state index contributed by atoms with van der Waals surface area (Å²) in [6, 6.07) is 10.5. The smallest absolute Gasteiger partial charge is 0.335 e. The number of carbonyl (C=O) groups excluding carboxylic acids is 3. The maximum atomic E-state index is 12.6. The van der Waals surface area contributed by atoms with E-state index >= 15 is 0 Å². The van der Waals surface area contributed by atoms with Crippen molar-refractivity contribution in [3.8, 4) is 5.75 Å². The van der Waals surface area contributed by atoms with E-state index in [1.165, 1.54) is 26.2 Å². The number of carbonyl (C=O) groups is 4. The van der Waals surface area contributed by atoms with Crippen molar-refractivity contribution in [3.05, 3.63) is 68.5 Å². The number of nitrogens with zero attached hydrogens (tertiary/aromatic N) is 1. The van der Waals surface area contributed by atoms with Gasteiger partial charge in [-0.2, -0.15) is 0 Å². The highest BCUT2D eigenvalue weighted by atomic mass is 79.9. The van der Waals surface area contributed by atoms with Crippen molar-refractivity contribution in [2.75, 3.05) is 7.11 Å². The quantitative estimate of drug-likeness (QED) is 0.425. The number of carboxylic acid groups (broad SMARTS) is 1. The molecule has 0 aliphatic carbocycles. The van der Waals surface area contributed by atoms with Gasteiger partial charge in [0.1, 0.15) is 18.4 Å². The Morgan fingerprint density at radius 1 is 1.19 bits per heavy atom. The molecule has 2 aromatic rings. The molecule has 0 bridgehead atoms. The summed E-state index contributed by atoms with van der Waals surface area (Å²) < 4.78 is 11.0. The molecule has 10 heteroatoms. The molecule has 0 radical (unpaired) electrons. The number of amides is 2. The molecule has 1 saturated heterocycles. The molecule has 0 saturated carbocycles. The molecule has 1 aliphatic rings. The number of imide groups is 1. The Labute approximate surface area is 196 Å². The molecular formula is C22H18BrNO7S. The summed E-state index contributed by atoms with van der Waals surface area (Å²) in [4.78, 5) is 48.5. The maximum Gasteiger partial charge on any atom is 0.335 e. The van der Waals surface area contributed by atoms with Gasteiger partial charge in [0.2, 0.25) is 0 Å².